The van der Waals surface area contributed by atoms with Gasteiger partial charge in [-0.1, -0.05) is 11.3 Å². The van der Waals surface area contributed by atoms with Gasteiger partial charge in [0.05, 0.1) is 24.2 Å². The number of ether oxygens (including phenoxy) is 1. The van der Waals surface area contributed by atoms with E-state index in [4.69, 9.17) is 4.74 Å². The van der Waals surface area contributed by atoms with E-state index in [1.54, 1.807) is 11.3 Å². The number of aryl methyl sites for hydroxylation is 1. The highest BCUT2D eigenvalue weighted by atomic mass is 32.2. The Kier molecular flexibility index (Phi) is 6.16. The Hall–Kier alpha value is -1.53. The molecule has 3 heterocycles. The van der Waals surface area contributed by atoms with Gasteiger partial charge in [0.15, 0.2) is 14.8 Å². The van der Waals surface area contributed by atoms with Gasteiger partial charge in [0.25, 0.3) is 0 Å². The molecule has 0 radical (unpaired) electrons. The molecule has 1 aliphatic rings. The summed E-state index contributed by atoms with van der Waals surface area (Å²) in [5.41, 5.74) is -0.205. The van der Waals surface area contributed by atoms with Crippen LogP contribution in [0.5, 0.6) is 0 Å². The van der Waals surface area contributed by atoms with Crippen LogP contribution in [0.2, 0.25) is 0 Å². The number of rotatable bonds is 7. The summed E-state index contributed by atoms with van der Waals surface area (Å²) in [6.45, 7) is 5.36. The van der Waals surface area contributed by atoms with Gasteiger partial charge in [-0.25, -0.2) is 8.42 Å². The second kappa shape index (κ2) is 8.23. The maximum Gasteiger partial charge on any atom is 0.304 e. The minimum absolute atomic E-state index is 0.00779. The number of nitro groups is 1. The number of thiophene rings is 2. The first-order chi connectivity index (χ1) is 12.8. The van der Waals surface area contributed by atoms with E-state index >= 15 is 0 Å². The summed E-state index contributed by atoms with van der Waals surface area (Å²) in [4.78, 5) is 15.4. The quantitative estimate of drug-likeness (QED) is 0.531. The lowest BCUT2D eigenvalue weighted by Crippen LogP contribution is -2.41. The number of nitrogens with one attached hydrogen (secondary N) is 1. The summed E-state index contributed by atoms with van der Waals surface area (Å²) >= 11 is 2.60. The lowest BCUT2D eigenvalue weighted by molar-refractivity contribution is -0.383. The van der Waals surface area contributed by atoms with E-state index in [1.807, 2.05) is 6.92 Å². The smallest absolute Gasteiger partial charge is 0.304 e. The molecule has 1 aliphatic heterocycles. The van der Waals surface area contributed by atoms with Crippen molar-refractivity contribution in [2.24, 2.45) is 0 Å². The molecule has 1 N–H and O–H groups in total. The number of hydrogen-bond donors (Lipinski definition) is 1. The fraction of sp³-hybridized carbons (Fsp3) is 0.500. The van der Waals surface area contributed by atoms with Gasteiger partial charge in [-0.15, -0.1) is 11.3 Å². The molecular weight excluding hydrogens is 410 g/mol. The third-order valence-corrected chi connectivity index (χ3v) is 8.27. The summed E-state index contributed by atoms with van der Waals surface area (Å²) in [5.74, 6) is 0. The summed E-state index contributed by atoms with van der Waals surface area (Å²) < 4.78 is 29.0. The van der Waals surface area contributed by atoms with E-state index in [0.717, 1.165) is 36.7 Å². The van der Waals surface area contributed by atoms with E-state index in [2.05, 4.69) is 22.3 Å². The highest BCUT2D eigenvalue weighted by Gasteiger charge is 2.27. The molecule has 27 heavy (non-hydrogen) atoms. The first-order valence-corrected chi connectivity index (χ1v) is 11.9. The molecule has 0 amide bonds. The molecule has 3 rings (SSSR count). The Balaban J connectivity index is 1.84. The van der Waals surface area contributed by atoms with Gasteiger partial charge in [-0.3, -0.25) is 15.0 Å². The Labute approximate surface area is 165 Å². The summed E-state index contributed by atoms with van der Waals surface area (Å²) in [6.07, 6.45) is 1.05. The van der Waals surface area contributed by atoms with Crippen molar-refractivity contribution in [3.63, 3.8) is 0 Å². The van der Waals surface area contributed by atoms with Gasteiger partial charge in [-0.05, 0) is 19.1 Å². The Morgan fingerprint density at radius 3 is 2.59 bits per heavy atom. The van der Waals surface area contributed by atoms with Crippen LogP contribution < -0.4 is 5.32 Å². The van der Waals surface area contributed by atoms with Crippen LogP contribution in [0.3, 0.4) is 0 Å². The normalized spacial score (nSPS) is 17.0. The highest BCUT2D eigenvalue weighted by Crippen LogP contribution is 2.38. The van der Waals surface area contributed by atoms with Gasteiger partial charge in [-0.2, -0.15) is 0 Å². The van der Waals surface area contributed by atoms with E-state index in [0.29, 0.717) is 19.8 Å². The van der Waals surface area contributed by atoms with Crippen LogP contribution in [0, 0.1) is 17.0 Å². The predicted octanol–water partition coefficient (Wildman–Crippen LogP) is 2.92. The van der Waals surface area contributed by atoms with Gasteiger partial charge in [0.1, 0.15) is 4.21 Å². The topological polar surface area (TPSA) is 102 Å². The van der Waals surface area contributed by atoms with Crippen molar-refractivity contribution in [1.29, 1.82) is 0 Å². The minimum atomic E-state index is -3.50. The predicted molar refractivity (Wildman–Crippen MR) is 107 cm³/mol. The standard InChI is InChI=1S/C16H21N3O5S3/c1-11-3-4-14(25-11)13(18-5-7-24-8-6-18)10-17-16-12(19(20)21)9-15(26-16)27(2,22)23/h3-4,9,13,17H,5-8,10H2,1-2H3. The molecule has 0 saturated carbocycles. The lowest BCUT2D eigenvalue weighted by atomic mass is 10.2. The number of nitrogens with zero attached hydrogens (tertiary/aromatic N) is 2. The van der Waals surface area contributed by atoms with Crippen molar-refractivity contribution >= 4 is 43.2 Å². The van der Waals surface area contributed by atoms with Crippen molar-refractivity contribution < 1.29 is 18.1 Å². The molecule has 1 unspecified atom stereocenters. The molecule has 1 atom stereocenters. The molecule has 0 aliphatic carbocycles. The van der Waals surface area contributed by atoms with Crippen LogP contribution >= 0.6 is 22.7 Å². The molecule has 8 nitrogen and oxygen atoms in total. The van der Waals surface area contributed by atoms with Crippen LogP contribution in [0.4, 0.5) is 10.7 Å². The molecular formula is C16H21N3O5S3. The molecule has 11 heteroatoms. The van der Waals surface area contributed by atoms with E-state index in [1.165, 1.54) is 9.75 Å². The maximum atomic E-state index is 11.8. The number of morpholine rings is 1. The van der Waals surface area contributed by atoms with Crippen LogP contribution in [0.15, 0.2) is 22.4 Å². The molecule has 148 valence electrons. The molecule has 0 bridgehead atoms. The number of hydrogen-bond acceptors (Lipinski definition) is 9. The number of sulfone groups is 1. The van der Waals surface area contributed by atoms with Gasteiger partial charge in [0, 0.05) is 41.7 Å². The first-order valence-electron chi connectivity index (χ1n) is 8.36. The van der Waals surface area contributed by atoms with Gasteiger partial charge < -0.3 is 10.1 Å². The minimum Gasteiger partial charge on any atom is -0.379 e. The van der Waals surface area contributed by atoms with Crippen molar-refractivity contribution in [2.45, 2.75) is 17.2 Å². The zero-order chi connectivity index (χ0) is 19.6. The van der Waals surface area contributed by atoms with Crippen molar-refractivity contribution in [3.05, 3.63) is 38.1 Å². The van der Waals surface area contributed by atoms with Gasteiger partial charge >= 0.3 is 5.69 Å². The third-order valence-electron chi connectivity index (χ3n) is 4.28. The molecule has 0 aromatic carbocycles. The van der Waals surface area contributed by atoms with Crippen LogP contribution in [0.25, 0.3) is 0 Å². The summed E-state index contributed by atoms with van der Waals surface area (Å²) in [5, 5.41) is 14.7. The third kappa shape index (κ3) is 4.85. The molecule has 1 saturated heterocycles. The zero-order valence-corrected chi connectivity index (χ0v) is 17.5. The fourth-order valence-corrected chi connectivity index (χ4v) is 5.88. The van der Waals surface area contributed by atoms with Crippen LogP contribution in [-0.2, 0) is 14.6 Å². The van der Waals surface area contributed by atoms with Crippen LogP contribution in [-0.4, -0.2) is 57.3 Å². The molecule has 2 aromatic rings. The Morgan fingerprint density at radius 1 is 1.33 bits per heavy atom. The van der Waals surface area contributed by atoms with E-state index in [-0.39, 0.29) is 20.9 Å². The second-order valence-electron chi connectivity index (χ2n) is 6.30. The largest absolute Gasteiger partial charge is 0.379 e. The monoisotopic (exact) mass is 431 g/mol. The van der Waals surface area contributed by atoms with Crippen molar-refractivity contribution in [2.75, 3.05) is 44.4 Å². The summed E-state index contributed by atoms with van der Waals surface area (Å²) in [7, 11) is -3.50. The van der Waals surface area contributed by atoms with Gasteiger partial charge in [0.2, 0.25) is 0 Å². The van der Waals surface area contributed by atoms with E-state index < -0.39 is 14.8 Å². The Bertz CT molecular complexity index is 916. The molecule has 1 fully saturated rings. The van der Waals surface area contributed by atoms with Crippen LogP contribution in [0.1, 0.15) is 15.8 Å². The average molecular weight is 432 g/mol. The second-order valence-corrected chi connectivity index (χ2v) is 10.9. The number of anilines is 1. The van der Waals surface area contributed by atoms with Crippen molar-refractivity contribution in [3.8, 4) is 0 Å². The molecule has 2 aromatic heterocycles. The zero-order valence-electron chi connectivity index (χ0n) is 15.0. The molecule has 0 spiro atoms. The maximum absolute atomic E-state index is 11.8. The highest BCUT2D eigenvalue weighted by molar-refractivity contribution is 7.92. The first kappa shape index (κ1) is 20.2. The van der Waals surface area contributed by atoms with Crippen molar-refractivity contribution in [1.82, 2.24) is 4.90 Å². The van der Waals surface area contributed by atoms with E-state index in [9.17, 15) is 18.5 Å². The SMILES string of the molecule is Cc1ccc(C(CNc2sc(S(C)(=O)=O)cc2[N+](=O)[O-])N2CCOCC2)s1. The Morgan fingerprint density at radius 2 is 2.04 bits per heavy atom. The lowest BCUT2D eigenvalue weighted by Gasteiger charge is -2.34. The summed E-state index contributed by atoms with van der Waals surface area (Å²) in [6, 6.07) is 5.30. The average Bonchev–Trinajstić information content (AvgIpc) is 3.22. The fourth-order valence-electron chi connectivity index (χ4n) is 2.93.